The largest absolute Gasteiger partial charge is 0.454 e. The van der Waals surface area contributed by atoms with Gasteiger partial charge in [-0.1, -0.05) is 6.07 Å². The van der Waals surface area contributed by atoms with Crippen LogP contribution in [0.2, 0.25) is 0 Å². The second-order valence-electron chi connectivity index (χ2n) is 5.35. The molecular weight excluding hydrogens is 282 g/mol. The summed E-state index contributed by atoms with van der Waals surface area (Å²) in [6.07, 6.45) is 5.03. The molecule has 0 fully saturated rings. The molecule has 3 rings (SSSR count). The van der Waals surface area contributed by atoms with Crippen LogP contribution in [0.3, 0.4) is 0 Å². The second kappa shape index (κ2) is 6.51. The van der Waals surface area contributed by atoms with E-state index in [1.165, 1.54) is 0 Å². The van der Waals surface area contributed by atoms with Crippen molar-refractivity contribution in [1.29, 1.82) is 0 Å². The Morgan fingerprint density at radius 3 is 3.05 bits per heavy atom. The molecule has 1 aromatic carbocycles. The molecule has 1 aromatic heterocycles. The van der Waals surface area contributed by atoms with Crippen molar-refractivity contribution in [3.05, 3.63) is 41.7 Å². The quantitative estimate of drug-likeness (QED) is 0.824. The molecule has 0 bridgehead atoms. The molecule has 0 unspecified atom stereocenters. The fourth-order valence-corrected chi connectivity index (χ4v) is 2.36. The highest BCUT2D eigenvalue weighted by molar-refractivity contribution is 5.78. The monoisotopic (exact) mass is 301 g/mol. The zero-order chi connectivity index (χ0) is 15.4. The van der Waals surface area contributed by atoms with Gasteiger partial charge in [0, 0.05) is 19.3 Å². The number of aryl methyl sites for hydroxylation is 2. The van der Waals surface area contributed by atoms with E-state index in [4.69, 9.17) is 9.47 Å². The number of nitrogens with one attached hydrogen (secondary N) is 1. The zero-order valence-electron chi connectivity index (χ0n) is 12.5. The molecule has 1 aliphatic rings. The van der Waals surface area contributed by atoms with Crippen LogP contribution in [0.4, 0.5) is 0 Å². The Bertz CT molecular complexity index is 666. The lowest BCUT2D eigenvalue weighted by Crippen LogP contribution is -2.26. The van der Waals surface area contributed by atoms with E-state index in [-0.39, 0.29) is 12.7 Å². The van der Waals surface area contributed by atoms with Crippen LogP contribution in [0.25, 0.3) is 0 Å². The van der Waals surface area contributed by atoms with Crippen LogP contribution in [0, 0.1) is 6.92 Å². The van der Waals surface area contributed by atoms with Gasteiger partial charge in [0.15, 0.2) is 11.5 Å². The van der Waals surface area contributed by atoms with Crippen LogP contribution >= 0.6 is 0 Å². The Morgan fingerprint density at radius 1 is 1.36 bits per heavy atom. The molecule has 22 heavy (non-hydrogen) atoms. The summed E-state index contributed by atoms with van der Waals surface area (Å²) in [6.45, 7) is 3.70. The lowest BCUT2D eigenvalue weighted by atomic mass is 10.1. The number of amides is 1. The molecule has 0 saturated heterocycles. The van der Waals surface area contributed by atoms with E-state index >= 15 is 0 Å². The topological polar surface area (TPSA) is 65.4 Å². The summed E-state index contributed by atoms with van der Waals surface area (Å²) < 4.78 is 12.4. The van der Waals surface area contributed by atoms with Gasteiger partial charge in [0.25, 0.3) is 0 Å². The van der Waals surface area contributed by atoms with E-state index in [0.29, 0.717) is 18.7 Å². The third-order valence-corrected chi connectivity index (χ3v) is 3.45. The summed E-state index contributed by atoms with van der Waals surface area (Å²) in [5.74, 6) is 1.45. The molecular formula is C16H19N3O3. The number of carbonyl (C=O) groups is 1. The van der Waals surface area contributed by atoms with Gasteiger partial charge >= 0.3 is 0 Å². The number of nitrogens with zero attached hydrogens (tertiary/aromatic N) is 2. The molecule has 1 amide bonds. The van der Waals surface area contributed by atoms with E-state index in [1.807, 2.05) is 42.2 Å². The molecule has 2 heterocycles. The fraction of sp³-hybridized carbons (Fsp3) is 0.375. The summed E-state index contributed by atoms with van der Waals surface area (Å²) in [5.41, 5.74) is 2.07. The lowest BCUT2D eigenvalue weighted by Gasteiger charge is -2.06. The summed E-state index contributed by atoms with van der Waals surface area (Å²) >= 11 is 0. The van der Waals surface area contributed by atoms with Gasteiger partial charge in [0.2, 0.25) is 12.7 Å². The van der Waals surface area contributed by atoms with Crippen molar-refractivity contribution in [3.63, 3.8) is 0 Å². The Balaban J connectivity index is 1.41. The van der Waals surface area contributed by atoms with Crippen LogP contribution in [0.5, 0.6) is 11.5 Å². The van der Waals surface area contributed by atoms with Crippen molar-refractivity contribution in [2.24, 2.45) is 0 Å². The number of rotatable bonds is 6. The molecule has 0 aliphatic carbocycles. The lowest BCUT2D eigenvalue weighted by molar-refractivity contribution is -0.120. The molecule has 0 saturated carbocycles. The predicted octanol–water partition coefficient (Wildman–Crippen LogP) is 1.67. The third-order valence-electron chi connectivity index (χ3n) is 3.45. The molecule has 0 spiro atoms. The van der Waals surface area contributed by atoms with Crippen LogP contribution in [-0.4, -0.2) is 29.0 Å². The smallest absolute Gasteiger partial charge is 0.231 e. The minimum atomic E-state index is 0.00973. The number of carbonyl (C=O) groups excluding carboxylic acids is 1. The number of fused-ring (bicyclic) bond motifs is 1. The summed E-state index contributed by atoms with van der Waals surface area (Å²) in [7, 11) is 0. The Hall–Kier alpha value is -2.50. The van der Waals surface area contributed by atoms with E-state index in [9.17, 15) is 4.79 Å². The van der Waals surface area contributed by atoms with Crippen molar-refractivity contribution in [2.75, 3.05) is 13.3 Å². The standard InChI is InChI=1S/C16H19N3O3/c1-12-9-18-19(10-12)6-2-5-17-16(20)8-13-3-4-14-15(7-13)22-11-21-14/h3-4,7,9-10H,2,5-6,8,11H2,1H3,(H,17,20). The molecule has 6 heteroatoms. The summed E-state index contributed by atoms with van der Waals surface area (Å²) in [4.78, 5) is 11.9. The molecule has 2 aromatic rings. The van der Waals surface area contributed by atoms with Crippen molar-refractivity contribution in [1.82, 2.24) is 15.1 Å². The first-order valence-corrected chi connectivity index (χ1v) is 7.35. The zero-order valence-corrected chi connectivity index (χ0v) is 12.5. The number of hydrogen-bond donors (Lipinski definition) is 1. The van der Waals surface area contributed by atoms with Crippen molar-refractivity contribution < 1.29 is 14.3 Å². The molecule has 0 radical (unpaired) electrons. The first kappa shape index (κ1) is 14.4. The van der Waals surface area contributed by atoms with Gasteiger partial charge in [-0.2, -0.15) is 5.10 Å². The van der Waals surface area contributed by atoms with Crippen molar-refractivity contribution in [2.45, 2.75) is 26.3 Å². The maximum absolute atomic E-state index is 11.9. The Labute approximate surface area is 129 Å². The number of benzene rings is 1. The van der Waals surface area contributed by atoms with E-state index < -0.39 is 0 Å². The third kappa shape index (κ3) is 3.58. The Kier molecular flexibility index (Phi) is 4.27. The van der Waals surface area contributed by atoms with Gasteiger partial charge < -0.3 is 14.8 Å². The fourth-order valence-electron chi connectivity index (χ4n) is 2.36. The van der Waals surface area contributed by atoms with Gasteiger partial charge in [-0.05, 0) is 36.6 Å². The normalized spacial score (nSPS) is 12.4. The van der Waals surface area contributed by atoms with Gasteiger partial charge in [0.1, 0.15) is 0 Å². The highest BCUT2D eigenvalue weighted by atomic mass is 16.7. The minimum absolute atomic E-state index is 0.00973. The van der Waals surface area contributed by atoms with Gasteiger partial charge in [-0.3, -0.25) is 9.48 Å². The average molecular weight is 301 g/mol. The first-order chi connectivity index (χ1) is 10.7. The summed E-state index contributed by atoms with van der Waals surface area (Å²) in [5, 5.41) is 7.14. The SMILES string of the molecule is Cc1cnn(CCCNC(=O)Cc2ccc3c(c2)OCO3)c1. The second-order valence-corrected chi connectivity index (χ2v) is 5.35. The molecule has 1 aliphatic heterocycles. The molecule has 1 N–H and O–H groups in total. The van der Waals surface area contributed by atoms with E-state index in [1.54, 1.807) is 0 Å². The van der Waals surface area contributed by atoms with Gasteiger partial charge in [-0.25, -0.2) is 0 Å². The number of hydrogen-bond acceptors (Lipinski definition) is 4. The van der Waals surface area contributed by atoms with Crippen LogP contribution in [0.15, 0.2) is 30.6 Å². The predicted molar refractivity (Wildman–Crippen MR) is 80.9 cm³/mol. The minimum Gasteiger partial charge on any atom is -0.454 e. The maximum Gasteiger partial charge on any atom is 0.231 e. The first-order valence-electron chi connectivity index (χ1n) is 7.35. The van der Waals surface area contributed by atoms with E-state index in [0.717, 1.165) is 29.8 Å². The van der Waals surface area contributed by atoms with E-state index in [2.05, 4.69) is 10.4 Å². The van der Waals surface area contributed by atoms with Crippen molar-refractivity contribution in [3.8, 4) is 11.5 Å². The van der Waals surface area contributed by atoms with Gasteiger partial charge in [-0.15, -0.1) is 0 Å². The maximum atomic E-state index is 11.9. The van der Waals surface area contributed by atoms with Crippen LogP contribution < -0.4 is 14.8 Å². The van der Waals surface area contributed by atoms with Crippen molar-refractivity contribution >= 4 is 5.91 Å². The van der Waals surface area contributed by atoms with Crippen LogP contribution in [-0.2, 0) is 17.8 Å². The van der Waals surface area contributed by atoms with Crippen LogP contribution in [0.1, 0.15) is 17.5 Å². The molecule has 6 nitrogen and oxygen atoms in total. The average Bonchev–Trinajstić information content (AvgIpc) is 3.12. The highest BCUT2D eigenvalue weighted by Gasteiger charge is 2.14. The number of ether oxygens (including phenoxy) is 2. The highest BCUT2D eigenvalue weighted by Crippen LogP contribution is 2.32. The molecule has 0 atom stereocenters. The molecule has 116 valence electrons. The Morgan fingerprint density at radius 2 is 2.23 bits per heavy atom. The summed E-state index contributed by atoms with van der Waals surface area (Å²) in [6, 6.07) is 5.58. The number of aromatic nitrogens is 2. The van der Waals surface area contributed by atoms with Gasteiger partial charge in [0.05, 0.1) is 12.6 Å².